The molecule has 0 unspecified atom stereocenters. The molecule has 1 N–H and O–H groups in total. The van der Waals surface area contributed by atoms with Gasteiger partial charge < -0.3 is 15.1 Å². The van der Waals surface area contributed by atoms with Crippen LogP contribution >= 0.6 is 0 Å². The number of anilines is 4. The van der Waals surface area contributed by atoms with Crippen LogP contribution in [-0.4, -0.2) is 46.1 Å². The van der Waals surface area contributed by atoms with E-state index >= 15 is 0 Å². The summed E-state index contributed by atoms with van der Waals surface area (Å²) < 4.78 is 13.8. The van der Waals surface area contributed by atoms with Gasteiger partial charge in [-0.25, -0.2) is 24.3 Å². The Labute approximate surface area is 150 Å². The third-order valence-corrected chi connectivity index (χ3v) is 4.23. The Morgan fingerprint density at radius 2 is 1.58 bits per heavy atom. The number of hydrogen-bond acceptors (Lipinski definition) is 7. The largest absolute Gasteiger partial charge is 0.353 e. The van der Waals surface area contributed by atoms with Crippen molar-refractivity contribution < 1.29 is 4.39 Å². The van der Waals surface area contributed by atoms with E-state index in [0.717, 1.165) is 37.9 Å². The summed E-state index contributed by atoms with van der Waals surface area (Å²) in [6.07, 6.45) is 4.99. The first-order valence-electron chi connectivity index (χ1n) is 8.40. The number of rotatable bonds is 4. The molecule has 8 heteroatoms. The standard InChI is InChI=1S/C18H18FN7/c19-14-4-1-2-5-15(14)24-16-12-17(23-13-22-16)25-8-10-26(11-9-25)18-20-6-3-7-21-18/h1-7,12-13H,8-11H2,(H,22,23,24). The van der Waals surface area contributed by atoms with E-state index in [0.29, 0.717) is 11.5 Å². The maximum absolute atomic E-state index is 13.8. The van der Waals surface area contributed by atoms with Crippen molar-refractivity contribution in [2.24, 2.45) is 0 Å². The lowest BCUT2D eigenvalue weighted by Gasteiger charge is -2.35. The number of aromatic nitrogens is 4. The average molecular weight is 351 g/mol. The molecule has 0 atom stereocenters. The van der Waals surface area contributed by atoms with Gasteiger partial charge in [0.05, 0.1) is 5.69 Å². The van der Waals surface area contributed by atoms with E-state index in [1.165, 1.54) is 12.4 Å². The van der Waals surface area contributed by atoms with E-state index in [4.69, 9.17) is 0 Å². The first-order valence-corrected chi connectivity index (χ1v) is 8.40. The van der Waals surface area contributed by atoms with Crippen molar-refractivity contribution in [1.29, 1.82) is 0 Å². The van der Waals surface area contributed by atoms with Crippen LogP contribution in [0.2, 0.25) is 0 Å². The van der Waals surface area contributed by atoms with Gasteiger partial charge in [-0.2, -0.15) is 0 Å². The predicted octanol–water partition coefficient (Wildman–Crippen LogP) is 2.48. The van der Waals surface area contributed by atoms with Gasteiger partial charge in [-0.05, 0) is 18.2 Å². The molecule has 0 spiro atoms. The Morgan fingerprint density at radius 1 is 0.846 bits per heavy atom. The lowest BCUT2D eigenvalue weighted by atomic mass is 10.3. The van der Waals surface area contributed by atoms with E-state index < -0.39 is 0 Å². The molecule has 0 amide bonds. The molecule has 1 aliphatic rings. The second kappa shape index (κ2) is 7.30. The smallest absolute Gasteiger partial charge is 0.225 e. The van der Waals surface area contributed by atoms with Crippen molar-refractivity contribution in [3.05, 3.63) is 60.9 Å². The zero-order valence-electron chi connectivity index (χ0n) is 14.1. The van der Waals surface area contributed by atoms with Gasteiger partial charge in [0.25, 0.3) is 0 Å². The summed E-state index contributed by atoms with van der Waals surface area (Å²) in [6, 6.07) is 10.2. The van der Waals surface area contributed by atoms with Gasteiger partial charge in [-0.1, -0.05) is 12.1 Å². The quantitative estimate of drug-likeness (QED) is 0.774. The molecule has 7 nitrogen and oxygen atoms in total. The Morgan fingerprint density at radius 3 is 2.35 bits per heavy atom. The first kappa shape index (κ1) is 16.2. The highest BCUT2D eigenvalue weighted by Gasteiger charge is 2.20. The number of nitrogens with zero attached hydrogens (tertiary/aromatic N) is 6. The lowest BCUT2D eigenvalue weighted by Crippen LogP contribution is -2.47. The highest BCUT2D eigenvalue weighted by atomic mass is 19.1. The first-order chi connectivity index (χ1) is 12.8. The van der Waals surface area contributed by atoms with Crippen LogP contribution in [0, 0.1) is 5.82 Å². The van der Waals surface area contributed by atoms with Crippen LogP contribution in [0.4, 0.5) is 27.7 Å². The number of benzene rings is 1. The highest BCUT2D eigenvalue weighted by molar-refractivity contribution is 5.60. The van der Waals surface area contributed by atoms with Gasteiger partial charge >= 0.3 is 0 Å². The monoisotopic (exact) mass is 351 g/mol. The van der Waals surface area contributed by atoms with Crippen molar-refractivity contribution in [2.75, 3.05) is 41.3 Å². The maximum atomic E-state index is 13.8. The molecule has 1 saturated heterocycles. The van der Waals surface area contributed by atoms with Crippen molar-refractivity contribution in [3.8, 4) is 0 Å². The molecule has 1 aliphatic heterocycles. The van der Waals surface area contributed by atoms with Crippen LogP contribution in [0.25, 0.3) is 0 Å². The molecule has 3 aromatic rings. The Balaban J connectivity index is 1.44. The molecular weight excluding hydrogens is 333 g/mol. The second-order valence-corrected chi connectivity index (χ2v) is 5.89. The summed E-state index contributed by atoms with van der Waals surface area (Å²) in [4.78, 5) is 21.5. The van der Waals surface area contributed by atoms with Crippen LogP contribution in [-0.2, 0) is 0 Å². The van der Waals surface area contributed by atoms with E-state index in [1.54, 1.807) is 30.6 Å². The third kappa shape index (κ3) is 3.53. The number of hydrogen-bond donors (Lipinski definition) is 1. The van der Waals surface area contributed by atoms with Crippen LogP contribution in [0.3, 0.4) is 0 Å². The minimum Gasteiger partial charge on any atom is -0.353 e. The summed E-state index contributed by atoms with van der Waals surface area (Å²) >= 11 is 0. The molecular formula is C18H18FN7. The topological polar surface area (TPSA) is 70.1 Å². The zero-order chi connectivity index (χ0) is 17.8. The average Bonchev–Trinajstić information content (AvgIpc) is 2.71. The number of halogens is 1. The molecule has 1 fully saturated rings. The molecule has 26 heavy (non-hydrogen) atoms. The summed E-state index contributed by atoms with van der Waals surface area (Å²) in [5.74, 6) is 1.81. The molecule has 0 aliphatic carbocycles. The lowest BCUT2D eigenvalue weighted by molar-refractivity contribution is 0.631. The molecule has 3 heterocycles. The summed E-state index contributed by atoms with van der Waals surface area (Å²) in [5.41, 5.74) is 0.392. The van der Waals surface area contributed by atoms with Gasteiger partial charge in [0.15, 0.2) is 0 Å². The summed E-state index contributed by atoms with van der Waals surface area (Å²) in [6.45, 7) is 3.22. The molecule has 0 bridgehead atoms. The van der Waals surface area contributed by atoms with Crippen LogP contribution < -0.4 is 15.1 Å². The molecule has 1 aromatic carbocycles. The van der Waals surface area contributed by atoms with Gasteiger partial charge in [0.2, 0.25) is 5.95 Å². The third-order valence-electron chi connectivity index (χ3n) is 4.23. The van der Waals surface area contributed by atoms with Gasteiger partial charge in [0, 0.05) is 44.6 Å². The minimum absolute atomic E-state index is 0.316. The van der Waals surface area contributed by atoms with E-state index in [-0.39, 0.29) is 5.82 Å². The number of piperazine rings is 1. The Bertz CT molecular complexity index is 866. The zero-order valence-corrected chi connectivity index (χ0v) is 14.1. The maximum Gasteiger partial charge on any atom is 0.225 e. The predicted molar refractivity (Wildman–Crippen MR) is 98.2 cm³/mol. The Kier molecular flexibility index (Phi) is 4.55. The molecule has 0 saturated carbocycles. The van der Waals surface area contributed by atoms with Crippen LogP contribution in [0.15, 0.2) is 55.1 Å². The van der Waals surface area contributed by atoms with Gasteiger partial charge in [0.1, 0.15) is 23.8 Å². The fourth-order valence-electron chi connectivity index (χ4n) is 2.88. The van der Waals surface area contributed by atoms with Gasteiger partial charge in [-0.15, -0.1) is 0 Å². The Hall–Kier alpha value is -3.29. The van der Waals surface area contributed by atoms with Gasteiger partial charge in [-0.3, -0.25) is 0 Å². The molecule has 132 valence electrons. The van der Waals surface area contributed by atoms with Crippen molar-refractivity contribution in [1.82, 2.24) is 19.9 Å². The van der Waals surface area contributed by atoms with Crippen molar-refractivity contribution >= 4 is 23.3 Å². The fraction of sp³-hybridized carbons (Fsp3) is 0.222. The van der Waals surface area contributed by atoms with Crippen LogP contribution in [0.1, 0.15) is 0 Å². The molecule has 2 aromatic heterocycles. The van der Waals surface area contributed by atoms with Crippen LogP contribution in [0.5, 0.6) is 0 Å². The van der Waals surface area contributed by atoms with Crippen molar-refractivity contribution in [2.45, 2.75) is 0 Å². The number of nitrogens with one attached hydrogen (secondary N) is 1. The minimum atomic E-state index is -0.316. The second-order valence-electron chi connectivity index (χ2n) is 5.89. The fourth-order valence-corrected chi connectivity index (χ4v) is 2.88. The highest BCUT2D eigenvalue weighted by Crippen LogP contribution is 2.22. The normalized spacial score (nSPS) is 14.3. The molecule has 4 rings (SSSR count). The number of para-hydroxylation sites is 1. The van der Waals surface area contributed by atoms with E-state index in [1.807, 2.05) is 12.1 Å². The molecule has 0 radical (unpaired) electrons. The summed E-state index contributed by atoms with van der Waals surface area (Å²) in [7, 11) is 0. The summed E-state index contributed by atoms with van der Waals surface area (Å²) in [5, 5.41) is 3.00. The van der Waals surface area contributed by atoms with E-state index in [9.17, 15) is 4.39 Å². The van der Waals surface area contributed by atoms with Crippen molar-refractivity contribution in [3.63, 3.8) is 0 Å². The SMILES string of the molecule is Fc1ccccc1Nc1cc(N2CCN(c3ncccn3)CC2)ncn1. The van der Waals surface area contributed by atoms with E-state index in [2.05, 4.69) is 35.1 Å².